The SMILES string of the molecule is C#C[C@H](O)C(CF)(COP(=O)(O)OP(=O)(O)OP(=O)(O)O)O[C@H](C)n1ccc(=O)[nH]c1=O. The van der Waals surface area contributed by atoms with Crippen molar-refractivity contribution in [1.29, 1.82) is 0 Å². The molecular weight excluding hydrogens is 508 g/mol. The summed E-state index contributed by atoms with van der Waals surface area (Å²) in [7, 11) is -17.2. The number of H-pyrrole nitrogens is 1. The highest BCUT2D eigenvalue weighted by Crippen LogP contribution is 2.66. The van der Waals surface area contributed by atoms with Gasteiger partial charge in [-0.25, -0.2) is 22.9 Å². The third-order valence-electron chi connectivity index (χ3n) is 3.42. The Morgan fingerprint density at radius 2 is 1.81 bits per heavy atom. The molecule has 16 nitrogen and oxygen atoms in total. The molecule has 0 aliphatic rings. The molecule has 20 heteroatoms. The zero-order valence-corrected chi connectivity index (χ0v) is 18.6. The highest BCUT2D eigenvalue weighted by molar-refractivity contribution is 7.66. The van der Waals surface area contributed by atoms with Crippen LogP contribution in [0.3, 0.4) is 0 Å². The topological polar surface area (TPSA) is 244 Å². The van der Waals surface area contributed by atoms with E-state index in [-0.39, 0.29) is 0 Å². The summed E-state index contributed by atoms with van der Waals surface area (Å²) in [6.45, 7) is -2.02. The minimum absolute atomic E-state index is 0.722. The van der Waals surface area contributed by atoms with Crippen LogP contribution in [0.25, 0.3) is 0 Å². The fourth-order valence-corrected chi connectivity index (χ4v) is 5.15. The number of phosphoric acid groups is 3. The van der Waals surface area contributed by atoms with E-state index in [0.29, 0.717) is 0 Å². The van der Waals surface area contributed by atoms with E-state index in [1.54, 1.807) is 5.92 Å². The van der Waals surface area contributed by atoms with Gasteiger partial charge in [0.15, 0.2) is 5.60 Å². The number of aliphatic hydroxyl groups excluding tert-OH is 1. The summed E-state index contributed by atoms with van der Waals surface area (Å²) in [5.74, 6) is 1.67. The Morgan fingerprint density at radius 3 is 2.28 bits per heavy atom. The first-order valence-electron chi connectivity index (χ1n) is 7.94. The van der Waals surface area contributed by atoms with Gasteiger partial charge in [-0.3, -0.25) is 18.9 Å². The summed E-state index contributed by atoms with van der Waals surface area (Å²) in [6, 6.07) is 0.905. The second kappa shape index (κ2) is 10.6. The summed E-state index contributed by atoms with van der Waals surface area (Å²) in [6.07, 6.45) is 2.32. The Kier molecular flexibility index (Phi) is 9.47. The summed E-state index contributed by atoms with van der Waals surface area (Å²) in [5.41, 5.74) is -4.46. The van der Waals surface area contributed by atoms with E-state index in [9.17, 15) is 37.7 Å². The van der Waals surface area contributed by atoms with E-state index in [1.807, 2.05) is 4.98 Å². The largest absolute Gasteiger partial charge is 0.490 e. The minimum Gasteiger partial charge on any atom is -0.377 e. The molecule has 0 saturated carbocycles. The molecule has 0 fully saturated rings. The van der Waals surface area contributed by atoms with Gasteiger partial charge < -0.3 is 29.4 Å². The number of aromatic nitrogens is 2. The molecule has 1 aromatic rings. The average molecular weight is 526 g/mol. The maximum atomic E-state index is 13.9. The van der Waals surface area contributed by atoms with Gasteiger partial charge in [-0.1, -0.05) is 5.92 Å². The van der Waals surface area contributed by atoms with Gasteiger partial charge in [0.05, 0.1) is 6.61 Å². The molecule has 0 aromatic carbocycles. The predicted molar refractivity (Wildman–Crippen MR) is 100 cm³/mol. The van der Waals surface area contributed by atoms with Crippen LogP contribution in [0.2, 0.25) is 0 Å². The summed E-state index contributed by atoms with van der Waals surface area (Å²) >= 11 is 0. The van der Waals surface area contributed by atoms with Crippen molar-refractivity contribution in [1.82, 2.24) is 9.55 Å². The van der Waals surface area contributed by atoms with Crippen LogP contribution >= 0.6 is 23.5 Å². The monoisotopic (exact) mass is 526 g/mol. The van der Waals surface area contributed by atoms with Crippen LogP contribution < -0.4 is 11.2 Å². The number of hydrogen-bond donors (Lipinski definition) is 6. The Hall–Kier alpha value is -1.50. The molecule has 0 bridgehead atoms. The number of nitrogens with one attached hydrogen (secondary N) is 1. The Morgan fingerprint density at radius 1 is 1.22 bits per heavy atom. The summed E-state index contributed by atoms with van der Waals surface area (Å²) in [5, 5.41) is 9.99. The third-order valence-corrected chi connectivity index (χ3v) is 7.20. The van der Waals surface area contributed by atoms with Crippen molar-refractivity contribution in [2.75, 3.05) is 13.3 Å². The number of ether oxygens (including phenoxy) is 1. The second-order valence-corrected chi connectivity index (χ2v) is 10.3. The fraction of sp³-hybridized carbons (Fsp3) is 0.500. The lowest BCUT2D eigenvalue weighted by Gasteiger charge is -2.35. The van der Waals surface area contributed by atoms with Gasteiger partial charge in [-0.05, 0) is 6.92 Å². The first kappa shape index (κ1) is 28.5. The van der Waals surface area contributed by atoms with Gasteiger partial charge in [-0.15, -0.1) is 6.42 Å². The molecule has 0 aliphatic carbocycles. The van der Waals surface area contributed by atoms with Crippen molar-refractivity contribution in [2.45, 2.75) is 24.9 Å². The number of halogens is 1. The van der Waals surface area contributed by atoms with Crippen LogP contribution in [0.4, 0.5) is 4.39 Å². The van der Waals surface area contributed by atoms with Crippen LogP contribution in [0.5, 0.6) is 0 Å². The fourth-order valence-electron chi connectivity index (χ4n) is 2.08. The van der Waals surface area contributed by atoms with Crippen LogP contribution in [0.1, 0.15) is 13.2 Å². The molecule has 0 radical (unpaired) electrons. The number of phosphoric ester groups is 1. The Balaban J connectivity index is 3.14. The van der Waals surface area contributed by atoms with E-state index in [4.69, 9.17) is 25.8 Å². The van der Waals surface area contributed by atoms with Crippen molar-refractivity contribution >= 4 is 23.5 Å². The first-order chi connectivity index (χ1) is 14.5. The van der Waals surface area contributed by atoms with Crippen LogP contribution in [-0.2, 0) is 31.6 Å². The van der Waals surface area contributed by atoms with Crippen molar-refractivity contribution < 1.29 is 60.6 Å². The lowest BCUT2D eigenvalue weighted by atomic mass is 9.99. The molecule has 0 aliphatic heterocycles. The lowest BCUT2D eigenvalue weighted by Crippen LogP contribution is -2.52. The number of aliphatic hydroxyl groups is 1. The quantitative estimate of drug-likeness (QED) is 0.143. The van der Waals surface area contributed by atoms with E-state index in [0.717, 1.165) is 23.8 Å². The molecule has 3 unspecified atom stereocenters. The van der Waals surface area contributed by atoms with E-state index < -0.39 is 65.9 Å². The highest BCUT2D eigenvalue weighted by atomic mass is 31.3. The smallest absolute Gasteiger partial charge is 0.377 e. The maximum absolute atomic E-state index is 13.9. The second-order valence-electron chi connectivity index (χ2n) is 5.87. The van der Waals surface area contributed by atoms with Crippen molar-refractivity contribution in [3.8, 4) is 12.3 Å². The molecule has 0 saturated heterocycles. The van der Waals surface area contributed by atoms with E-state index in [2.05, 4.69) is 13.1 Å². The summed E-state index contributed by atoms with van der Waals surface area (Å²) < 4.78 is 65.0. The van der Waals surface area contributed by atoms with Crippen molar-refractivity contribution in [3.63, 3.8) is 0 Å². The Bertz CT molecular complexity index is 1110. The lowest BCUT2D eigenvalue weighted by molar-refractivity contribution is -0.184. The van der Waals surface area contributed by atoms with Gasteiger partial charge in [0.25, 0.3) is 5.56 Å². The zero-order valence-electron chi connectivity index (χ0n) is 15.9. The molecular formula is C12H18FN2O14P3. The van der Waals surface area contributed by atoms with Crippen LogP contribution in [0, 0.1) is 12.3 Å². The number of terminal acetylenes is 1. The van der Waals surface area contributed by atoms with E-state index in [1.165, 1.54) is 0 Å². The molecule has 182 valence electrons. The standard InChI is InChI=1S/C12H18FN2O14P3/c1-3-9(16)12(6-13,27-8(2)15-5-4-10(17)14-11(15)18)7-26-31(22,23)29-32(24,25)28-30(19,20)21/h1,4-5,8-9,16H,6-7H2,2H3,(H,22,23)(H,24,25)(H,14,17,18)(H2,19,20,21)/t8-,9+,12?/m1/s1. The molecule has 0 amide bonds. The molecule has 32 heavy (non-hydrogen) atoms. The van der Waals surface area contributed by atoms with Gasteiger partial charge in [-0.2, -0.15) is 8.62 Å². The Labute approximate surface area is 178 Å². The predicted octanol–water partition coefficient (Wildman–Crippen LogP) is -0.883. The molecule has 1 rings (SSSR count). The first-order valence-corrected chi connectivity index (χ1v) is 12.5. The average Bonchev–Trinajstić information content (AvgIpc) is 2.61. The minimum atomic E-state index is -5.86. The molecule has 1 heterocycles. The van der Waals surface area contributed by atoms with Gasteiger partial charge in [0.2, 0.25) is 0 Å². The molecule has 6 N–H and O–H groups in total. The molecule has 0 spiro atoms. The van der Waals surface area contributed by atoms with Gasteiger partial charge in [0, 0.05) is 12.3 Å². The number of rotatable bonds is 12. The van der Waals surface area contributed by atoms with Crippen molar-refractivity contribution in [2.24, 2.45) is 0 Å². The normalized spacial score (nSPS) is 19.7. The van der Waals surface area contributed by atoms with Crippen molar-refractivity contribution in [3.05, 3.63) is 33.1 Å². The molecule has 1 aromatic heterocycles. The van der Waals surface area contributed by atoms with Crippen LogP contribution in [-0.4, -0.2) is 59.2 Å². The van der Waals surface area contributed by atoms with Gasteiger partial charge in [0.1, 0.15) is 19.0 Å². The third kappa shape index (κ3) is 8.45. The van der Waals surface area contributed by atoms with Crippen LogP contribution in [0.15, 0.2) is 21.9 Å². The zero-order chi connectivity index (χ0) is 25.0. The maximum Gasteiger partial charge on any atom is 0.490 e. The highest BCUT2D eigenvalue weighted by Gasteiger charge is 2.46. The number of nitrogens with zero attached hydrogens (tertiary/aromatic N) is 1. The number of aromatic amines is 1. The molecule has 5 atom stereocenters. The van der Waals surface area contributed by atoms with E-state index >= 15 is 0 Å². The summed E-state index contributed by atoms with van der Waals surface area (Å²) in [4.78, 5) is 60.5. The number of alkyl halides is 1. The van der Waals surface area contributed by atoms with Gasteiger partial charge >= 0.3 is 29.2 Å². The number of hydrogen-bond acceptors (Lipinski definition) is 10.